The zero-order valence-corrected chi connectivity index (χ0v) is 9.82. The molecule has 0 aromatic heterocycles. The average Bonchev–Trinajstić information content (AvgIpc) is 2.36. The van der Waals surface area contributed by atoms with Crippen LogP contribution >= 0.6 is 11.6 Å². The molecule has 2 aromatic carbocycles. The molecule has 0 aliphatic rings. The van der Waals surface area contributed by atoms with Gasteiger partial charge in [0.1, 0.15) is 0 Å². The minimum absolute atomic E-state index is 0.310. The van der Waals surface area contributed by atoms with Crippen LogP contribution in [0.3, 0.4) is 0 Å². The van der Waals surface area contributed by atoms with E-state index in [1.54, 1.807) is 24.3 Å². The summed E-state index contributed by atoms with van der Waals surface area (Å²) in [5.74, 6) is -0.485. The highest BCUT2D eigenvalue weighted by molar-refractivity contribution is 6.68. The number of hydrogen-bond donors (Lipinski definition) is 0. The van der Waals surface area contributed by atoms with Gasteiger partial charge in [-0.25, -0.2) is 4.79 Å². The van der Waals surface area contributed by atoms with Crippen molar-refractivity contribution < 1.29 is 14.3 Å². The smallest absolute Gasteiger partial charge is 0.338 e. The molecule has 0 aliphatic heterocycles. The first-order valence-corrected chi connectivity index (χ1v) is 5.33. The second kappa shape index (κ2) is 4.55. The van der Waals surface area contributed by atoms with Crippen molar-refractivity contribution >= 4 is 33.6 Å². The maximum absolute atomic E-state index is 11.6. The van der Waals surface area contributed by atoms with Gasteiger partial charge >= 0.3 is 5.97 Å². The fourth-order valence-corrected chi connectivity index (χ4v) is 1.94. The first kappa shape index (κ1) is 11.6. The Balaban J connectivity index is 2.85. The molecule has 2 rings (SSSR count). The molecule has 0 radical (unpaired) electrons. The lowest BCUT2D eigenvalue weighted by Gasteiger charge is -2.07. The largest absolute Gasteiger partial charge is 0.465 e. The predicted octanol–water partition coefficient (Wildman–Crippen LogP) is 3.01. The van der Waals surface area contributed by atoms with Crippen LogP contribution < -0.4 is 0 Å². The Hall–Kier alpha value is -1.87. The predicted molar refractivity (Wildman–Crippen MR) is 65.5 cm³/mol. The number of ether oxygens (including phenoxy) is 1. The lowest BCUT2D eigenvalue weighted by atomic mass is 10.00. The molecule has 0 saturated carbocycles. The van der Waals surface area contributed by atoms with E-state index >= 15 is 0 Å². The number of carbonyl (C=O) groups is 2. The van der Waals surface area contributed by atoms with Crippen molar-refractivity contribution in [2.75, 3.05) is 7.11 Å². The van der Waals surface area contributed by atoms with Crippen LogP contribution in [0.25, 0.3) is 10.8 Å². The number of esters is 1. The van der Waals surface area contributed by atoms with Crippen LogP contribution in [0.5, 0.6) is 0 Å². The zero-order chi connectivity index (χ0) is 12.4. The summed E-state index contributed by atoms with van der Waals surface area (Å²) in [4.78, 5) is 23.0. The maximum Gasteiger partial charge on any atom is 0.338 e. The number of rotatable bonds is 2. The molecule has 0 fully saturated rings. The minimum atomic E-state index is -0.591. The van der Waals surface area contributed by atoms with Crippen LogP contribution in [-0.2, 0) is 4.74 Å². The van der Waals surface area contributed by atoms with Crippen molar-refractivity contribution in [2.24, 2.45) is 0 Å². The third-order valence-corrected chi connectivity index (χ3v) is 2.73. The van der Waals surface area contributed by atoms with E-state index in [1.807, 2.05) is 12.1 Å². The molecule has 0 N–H and O–H groups in total. The van der Waals surface area contributed by atoms with Crippen molar-refractivity contribution in [3.63, 3.8) is 0 Å². The number of halogens is 1. The third kappa shape index (κ3) is 2.01. The molecule has 0 heterocycles. The molecule has 2 aromatic rings. The fourth-order valence-electron chi connectivity index (χ4n) is 1.78. The Kier molecular flexibility index (Phi) is 3.11. The number of hydrogen-bond acceptors (Lipinski definition) is 3. The molecule has 0 unspecified atom stereocenters. The molecule has 3 nitrogen and oxygen atoms in total. The SMILES string of the molecule is COC(=O)c1cccc2cccc(C(=O)Cl)c12. The van der Waals surface area contributed by atoms with E-state index in [0.29, 0.717) is 16.5 Å². The molecule has 0 atom stereocenters. The quantitative estimate of drug-likeness (QED) is 0.606. The molecule has 4 heteroatoms. The van der Waals surface area contributed by atoms with E-state index < -0.39 is 11.2 Å². The summed E-state index contributed by atoms with van der Waals surface area (Å²) in [7, 11) is 1.30. The van der Waals surface area contributed by atoms with Gasteiger partial charge in [0.05, 0.1) is 12.7 Å². The highest BCUT2D eigenvalue weighted by Crippen LogP contribution is 2.24. The van der Waals surface area contributed by atoms with Crippen LogP contribution in [0.1, 0.15) is 20.7 Å². The van der Waals surface area contributed by atoms with Gasteiger partial charge in [0.2, 0.25) is 0 Å². The summed E-state index contributed by atoms with van der Waals surface area (Å²) < 4.78 is 4.69. The highest BCUT2D eigenvalue weighted by atomic mass is 35.5. The summed E-state index contributed by atoms with van der Waals surface area (Å²) in [6, 6.07) is 10.3. The molecule has 86 valence electrons. The topological polar surface area (TPSA) is 43.4 Å². The van der Waals surface area contributed by atoms with Crippen molar-refractivity contribution in [3.05, 3.63) is 47.5 Å². The molecule has 0 bridgehead atoms. The summed E-state index contributed by atoms with van der Waals surface area (Å²) in [6.45, 7) is 0. The Labute approximate surface area is 103 Å². The monoisotopic (exact) mass is 248 g/mol. The molecule has 0 amide bonds. The standard InChI is InChI=1S/C13H9ClO3/c1-17-13(16)10-7-3-5-8-4-2-6-9(11(8)10)12(14)15/h2-7H,1H3. The minimum Gasteiger partial charge on any atom is -0.465 e. The third-order valence-electron chi connectivity index (χ3n) is 2.52. The van der Waals surface area contributed by atoms with E-state index in [-0.39, 0.29) is 0 Å². The van der Waals surface area contributed by atoms with E-state index in [4.69, 9.17) is 11.6 Å². The molecule has 0 aliphatic carbocycles. The molecule has 17 heavy (non-hydrogen) atoms. The van der Waals surface area contributed by atoms with Gasteiger partial charge in [0.15, 0.2) is 0 Å². The Morgan fingerprint density at radius 3 is 2.18 bits per heavy atom. The van der Waals surface area contributed by atoms with Crippen LogP contribution in [0.2, 0.25) is 0 Å². The van der Waals surface area contributed by atoms with Crippen molar-refractivity contribution in [1.82, 2.24) is 0 Å². The van der Waals surface area contributed by atoms with Crippen molar-refractivity contribution in [3.8, 4) is 0 Å². The first-order chi connectivity index (χ1) is 8.15. The van der Waals surface area contributed by atoms with Gasteiger partial charge in [0, 0.05) is 10.9 Å². The normalized spacial score (nSPS) is 10.2. The maximum atomic E-state index is 11.6. The van der Waals surface area contributed by atoms with Crippen LogP contribution in [-0.4, -0.2) is 18.3 Å². The number of carbonyl (C=O) groups excluding carboxylic acids is 2. The van der Waals surface area contributed by atoms with E-state index in [1.165, 1.54) is 7.11 Å². The van der Waals surface area contributed by atoms with Gasteiger partial charge in [0.25, 0.3) is 5.24 Å². The van der Waals surface area contributed by atoms with E-state index in [9.17, 15) is 9.59 Å². The summed E-state index contributed by atoms with van der Waals surface area (Å²) in [6.07, 6.45) is 0. The molecule has 0 spiro atoms. The van der Waals surface area contributed by atoms with Crippen molar-refractivity contribution in [2.45, 2.75) is 0 Å². The molecular formula is C13H9ClO3. The average molecular weight is 249 g/mol. The Bertz CT molecular complexity index is 599. The van der Waals surface area contributed by atoms with Gasteiger partial charge in [-0.05, 0) is 29.1 Å². The van der Waals surface area contributed by atoms with Gasteiger partial charge in [-0.1, -0.05) is 24.3 Å². The summed E-state index contributed by atoms with van der Waals surface area (Å²) >= 11 is 5.51. The van der Waals surface area contributed by atoms with Crippen LogP contribution in [0.15, 0.2) is 36.4 Å². The zero-order valence-electron chi connectivity index (χ0n) is 9.07. The van der Waals surface area contributed by atoms with Gasteiger partial charge in [-0.15, -0.1) is 0 Å². The van der Waals surface area contributed by atoms with Crippen LogP contribution in [0, 0.1) is 0 Å². The number of fused-ring (bicyclic) bond motifs is 1. The van der Waals surface area contributed by atoms with E-state index in [2.05, 4.69) is 4.74 Å². The molecule has 0 saturated heterocycles. The fraction of sp³-hybridized carbons (Fsp3) is 0.0769. The number of benzene rings is 2. The van der Waals surface area contributed by atoms with E-state index in [0.717, 1.165) is 5.39 Å². The van der Waals surface area contributed by atoms with Gasteiger partial charge < -0.3 is 4.74 Å². The Morgan fingerprint density at radius 2 is 1.65 bits per heavy atom. The summed E-state index contributed by atoms with van der Waals surface area (Å²) in [5, 5.41) is 0.716. The lowest BCUT2D eigenvalue weighted by Crippen LogP contribution is -2.04. The van der Waals surface area contributed by atoms with Gasteiger partial charge in [-0.3, -0.25) is 4.79 Å². The second-order valence-electron chi connectivity index (χ2n) is 3.47. The number of methoxy groups -OCH3 is 1. The summed E-state index contributed by atoms with van der Waals surface area (Å²) in [5.41, 5.74) is 0.653. The first-order valence-electron chi connectivity index (χ1n) is 4.95. The lowest BCUT2D eigenvalue weighted by molar-refractivity contribution is 0.0603. The van der Waals surface area contributed by atoms with Crippen LogP contribution in [0.4, 0.5) is 0 Å². The Morgan fingerprint density at radius 1 is 1.06 bits per heavy atom. The molecular weight excluding hydrogens is 240 g/mol. The second-order valence-corrected chi connectivity index (χ2v) is 3.82. The highest BCUT2D eigenvalue weighted by Gasteiger charge is 2.15. The van der Waals surface area contributed by atoms with Crippen molar-refractivity contribution in [1.29, 1.82) is 0 Å². The van der Waals surface area contributed by atoms with Gasteiger partial charge in [-0.2, -0.15) is 0 Å².